The van der Waals surface area contributed by atoms with E-state index in [-0.39, 0.29) is 31.4 Å². The Kier molecular flexibility index (Phi) is 9.87. The van der Waals surface area contributed by atoms with Crippen LogP contribution in [0.1, 0.15) is 30.4 Å². The number of hydrogen-bond acceptors (Lipinski definition) is 6. The molecule has 4 N–H and O–H groups in total. The molecule has 0 bridgehead atoms. The standard InChI is InChI=1S/C25H31N3O6/c29-22(12-7-14-26-25(32)34-17-19-10-5-2-6-11-19)27-21(16-18-8-3-1-4-9-18)23(30)28-20-13-15-33-24(20)31/h1-6,8-11,20-21,24,31H,7,12-17H2,(H,26,32)(H,27,29)(H,28,30)/t20-,21-,24?/m0/s1. The van der Waals surface area contributed by atoms with E-state index in [1.54, 1.807) is 0 Å². The Balaban J connectivity index is 1.42. The number of ether oxygens (including phenoxy) is 2. The van der Waals surface area contributed by atoms with Crippen LogP contribution >= 0.6 is 0 Å². The largest absolute Gasteiger partial charge is 0.445 e. The lowest BCUT2D eigenvalue weighted by molar-refractivity contribution is -0.131. The first-order chi connectivity index (χ1) is 16.5. The van der Waals surface area contributed by atoms with E-state index in [1.165, 1.54) is 0 Å². The van der Waals surface area contributed by atoms with Crippen molar-refractivity contribution in [3.8, 4) is 0 Å². The highest BCUT2D eigenvalue weighted by molar-refractivity contribution is 5.88. The highest BCUT2D eigenvalue weighted by atomic mass is 16.6. The van der Waals surface area contributed by atoms with Crippen molar-refractivity contribution >= 4 is 17.9 Å². The maximum atomic E-state index is 12.8. The molecule has 1 aliphatic heterocycles. The zero-order chi connectivity index (χ0) is 24.2. The van der Waals surface area contributed by atoms with Gasteiger partial charge >= 0.3 is 6.09 Å². The zero-order valence-electron chi connectivity index (χ0n) is 18.9. The Labute approximate surface area is 198 Å². The van der Waals surface area contributed by atoms with Gasteiger partial charge in [0, 0.05) is 19.4 Å². The molecule has 1 saturated heterocycles. The summed E-state index contributed by atoms with van der Waals surface area (Å²) in [6.07, 6.45) is -0.266. The van der Waals surface area contributed by atoms with Gasteiger partial charge in [-0.3, -0.25) is 9.59 Å². The molecule has 1 aliphatic rings. The Morgan fingerprint density at radius 1 is 1.03 bits per heavy atom. The summed E-state index contributed by atoms with van der Waals surface area (Å²) < 4.78 is 10.2. The molecule has 0 radical (unpaired) electrons. The molecule has 1 unspecified atom stereocenters. The van der Waals surface area contributed by atoms with Crippen molar-refractivity contribution < 1.29 is 29.0 Å². The van der Waals surface area contributed by atoms with Crippen molar-refractivity contribution in [3.63, 3.8) is 0 Å². The first-order valence-corrected chi connectivity index (χ1v) is 11.4. The molecule has 9 nitrogen and oxygen atoms in total. The highest BCUT2D eigenvalue weighted by Gasteiger charge is 2.30. The molecule has 0 saturated carbocycles. The first-order valence-electron chi connectivity index (χ1n) is 11.4. The fourth-order valence-corrected chi connectivity index (χ4v) is 3.54. The van der Waals surface area contributed by atoms with Crippen LogP contribution in [0.2, 0.25) is 0 Å². The van der Waals surface area contributed by atoms with Crippen molar-refractivity contribution in [1.29, 1.82) is 0 Å². The van der Waals surface area contributed by atoms with Crippen LogP contribution < -0.4 is 16.0 Å². The van der Waals surface area contributed by atoms with Gasteiger partial charge in [0.05, 0.1) is 12.6 Å². The fourth-order valence-electron chi connectivity index (χ4n) is 3.54. The van der Waals surface area contributed by atoms with E-state index in [9.17, 15) is 19.5 Å². The lowest BCUT2D eigenvalue weighted by Crippen LogP contribution is -2.52. The van der Waals surface area contributed by atoms with Crippen molar-refractivity contribution in [2.24, 2.45) is 0 Å². The number of rotatable bonds is 11. The molecule has 3 atom stereocenters. The number of amides is 3. The molecular weight excluding hydrogens is 438 g/mol. The van der Waals surface area contributed by atoms with E-state index in [4.69, 9.17) is 9.47 Å². The van der Waals surface area contributed by atoms with E-state index in [0.29, 0.717) is 25.9 Å². The van der Waals surface area contributed by atoms with E-state index in [0.717, 1.165) is 11.1 Å². The molecule has 1 heterocycles. The van der Waals surface area contributed by atoms with Crippen molar-refractivity contribution in [3.05, 3.63) is 71.8 Å². The van der Waals surface area contributed by atoms with Gasteiger partial charge in [0.2, 0.25) is 11.8 Å². The Morgan fingerprint density at radius 2 is 1.71 bits per heavy atom. The number of carbonyl (C=O) groups excluding carboxylic acids is 3. The third-order valence-corrected chi connectivity index (χ3v) is 5.39. The molecule has 182 valence electrons. The second-order valence-corrected chi connectivity index (χ2v) is 8.07. The normalized spacial score (nSPS) is 18.0. The van der Waals surface area contributed by atoms with Crippen LogP contribution in [0, 0.1) is 0 Å². The van der Waals surface area contributed by atoms with Gasteiger partial charge in [0.25, 0.3) is 0 Å². The van der Waals surface area contributed by atoms with Gasteiger partial charge in [0.1, 0.15) is 12.6 Å². The van der Waals surface area contributed by atoms with E-state index >= 15 is 0 Å². The number of nitrogens with one attached hydrogen (secondary N) is 3. The minimum Gasteiger partial charge on any atom is -0.445 e. The van der Waals surface area contributed by atoms with Gasteiger partial charge in [-0.1, -0.05) is 60.7 Å². The average Bonchev–Trinajstić information content (AvgIpc) is 3.25. The van der Waals surface area contributed by atoms with Crippen LogP contribution in [0.3, 0.4) is 0 Å². The lowest BCUT2D eigenvalue weighted by atomic mass is 10.0. The number of carbonyl (C=O) groups is 3. The van der Waals surface area contributed by atoms with Gasteiger partial charge < -0.3 is 30.5 Å². The topological polar surface area (TPSA) is 126 Å². The Hall–Kier alpha value is -3.43. The van der Waals surface area contributed by atoms with Crippen LogP contribution in [0.5, 0.6) is 0 Å². The van der Waals surface area contributed by atoms with Crippen LogP contribution in [0.4, 0.5) is 4.79 Å². The third kappa shape index (κ3) is 8.49. The molecule has 9 heteroatoms. The molecule has 0 aromatic heterocycles. The number of aliphatic hydroxyl groups excluding tert-OH is 1. The highest BCUT2D eigenvalue weighted by Crippen LogP contribution is 2.12. The Bertz CT molecular complexity index is 925. The first kappa shape index (κ1) is 25.2. The third-order valence-electron chi connectivity index (χ3n) is 5.39. The summed E-state index contributed by atoms with van der Waals surface area (Å²) in [4.78, 5) is 37.1. The van der Waals surface area contributed by atoms with Crippen molar-refractivity contribution in [2.45, 2.75) is 50.7 Å². The lowest BCUT2D eigenvalue weighted by Gasteiger charge is -2.22. The molecule has 3 amide bonds. The minimum absolute atomic E-state index is 0.132. The molecule has 0 spiro atoms. The van der Waals surface area contributed by atoms with Crippen molar-refractivity contribution in [1.82, 2.24) is 16.0 Å². The second kappa shape index (κ2) is 13.3. The van der Waals surface area contributed by atoms with E-state index in [1.807, 2.05) is 60.7 Å². The van der Waals surface area contributed by atoms with Crippen molar-refractivity contribution in [2.75, 3.05) is 13.2 Å². The SMILES string of the molecule is O=C(CCCNC(=O)OCc1ccccc1)N[C@@H](Cc1ccccc1)C(=O)N[C@H]1CCOC1O. The minimum atomic E-state index is -1.05. The maximum Gasteiger partial charge on any atom is 0.407 e. The van der Waals surface area contributed by atoms with Gasteiger partial charge in [-0.25, -0.2) is 4.79 Å². The monoisotopic (exact) mass is 469 g/mol. The summed E-state index contributed by atoms with van der Waals surface area (Å²) in [5.41, 5.74) is 1.78. The van der Waals surface area contributed by atoms with Gasteiger partial charge in [-0.05, 0) is 24.0 Å². The quantitative estimate of drug-likeness (QED) is 0.371. The summed E-state index contributed by atoms with van der Waals surface area (Å²) in [5, 5.41) is 18.0. The molecular formula is C25H31N3O6. The molecule has 2 aromatic carbocycles. The van der Waals surface area contributed by atoms with Crippen LogP contribution in [0.15, 0.2) is 60.7 Å². The summed E-state index contributed by atoms with van der Waals surface area (Å²) >= 11 is 0. The van der Waals surface area contributed by atoms with Gasteiger partial charge in [-0.2, -0.15) is 0 Å². The molecule has 34 heavy (non-hydrogen) atoms. The predicted molar refractivity (Wildman–Crippen MR) is 124 cm³/mol. The summed E-state index contributed by atoms with van der Waals surface area (Å²) in [5.74, 6) is -0.687. The summed E-state index contributed by atoms with van der Waals surface area (Å²) in [6.45, 7) is 0.801. The van der Waals surface area contributed by atoms with Crippen LogP contribution in [0.25, 0.3) is 0 Å². The number of alkyl carbamates (subject to hydrolysis) is 1. The second-order valence-electron chi connectivity index (χ2n) is 8.07. The Morgan fingerprint density at radius 3 is 2.35 bits per heavy atom. The van der Waals surface area contributed by atoms with Crippen LogP contribution in [-0.4, -0.2) is 54.5 Å². The summed E-state index contributed by atoms with van der Waals surface area (Å²) in [7, 11) is 0. The number of benzene rings is 2. The zero-order valence-corrected chi connectivity index (χ0v) is 18.9. The number of aliphatic hydroxyl groups is 1. The molecule has 2 aromatic rings. The fraction of sp³-hybridized carbons (Fsp3) is 0.400. The van der Waals surface area contributed by atoms with Gasteiger partial charge in [-0.15, -0.1) is 0 Å². The van der Waals surface area contributed by atoms with Crippen LogP contribution in [-0.2, 0) is 32.1 Å². The van der Waals surface area contributed by atoms with E-state index < -0.39 is 24.5 Å². The van der Waals surface area contributed by atoms with Gasteiger partial charge in [0.15, 0.2) is 6.29 Å². The molecule has 1 fully saturated rings. The average molecular weight is 470 g/mol. The maximum absolute atomic E-state index is 12.8. The smallest absolute Gasteiger partial charge is 0.407 e. The molecule has 0 aliphatic carbocycles. The predicted octanol–water partition coefficient (Wildman–Crippen LogP) is 1.64. The summed E-state index contributed by atoms with van der Waals surface area (Å²) in [6, 6.07) is 17.4. The number of hydrogen-bond donors (Lipinski definition) is 4. The molecule has 3 rings (SSSR count). The van der Waals surface area contributed by atoms with E-state index in [2.05, 4.69) is 16.0 Å².